The molecule has 1 heterocycles. The molecule has 1 aromatic carbocycles. The second-order valence-corrected chi connectivity index (χ2v) is 3.40. The molecule has 0 aliphatic carbocycles. The molecule has 2 nitrogen and oxygen atoms in total. The van der Waals surface area contributed by atoms with Crippen LogP contribution < -0.4 is 5.63 Å². The van der Waals surface area contributed by atoms with Crippen molar-refractivity contribution in [3.05, 3.63) is 44.7 Å². The fraction of sp³-hybridized carbons (Fsp3) is 0. The highest BCUT2D eigenvalue weighted by Crippen LogP contribution is 2.26. The van der Waals surface area contributed by atoms with Crippen molar-refractivity contribution in [3.8, 4) is 0 Å². The van der Waals surface area contributed by atoms with Crippen LogP contribution in [0.1, 0.15) is 0 Å². The molecule has 13 heavy (non-hydrogen) atoms. The van der Waals surface area contributed by atoms with Gasteiger partial charge in [-0.1, -0.05) is 23.2 Å². The summed E-state index contributed by atoms with van der Waals surface area (Å²) in [4.78, 5) is 10.9. The minimum absolute atomic E-state index is 0.347. The fourth-order valence-corrected chi connectivity index (χ4v) is 1.65. The van der Waals surface area contributed by atoms with Gasteiger partial charge in [-0.15, -0.1) is 0 Å². The Morgan fingerprint density at radius 3 is 2.69 bits per heavy atom. The summed E-state index contributed by atoms with van der Waals surface area (Å²) in [6.45, 7) is 0. The summed E-state index contributed by atoms with van der Waals surface area (Å²) >= 11 is 11.6. The van der Waals surface area contributed by atoms with Crippen LogP contribution in [0, 0.1) is 0 Å². The molecule has 0 unspecified atom stereocenters. The molecular formula is C9H4Cl2O2. The van der Waals surface area contributed by atoms with Crippen molar-refractivity contribution in [1.29, 1.82) is 0 Å². The van der Waals surface area contributed by atoms with Crippen molar-refractivity contribution < 1.29 is 4.42 Å². The Hall–Kier alpha value is -0.990. The van der Waals surface area contributed by atoms with Crippen LogP contribution >= 0.6 is 23.2 Å². The first-order valence-electron chi connectivity index (χ1n) is 3.56. The normalized spacial score (nSPS) is 10.6. The second-order valence-electron chi connectivity index (χ2n) is 2.56. The lowest BCUT2D eigenvalue weighted by Gasteiger charge is -1.98. The number of hydrogen-bond donors (Lipinski definition) is 0. The quantitative estimate of drug-likeness (QED) is 0.632. The molecule has 0 saturated carbocycles. The van der Waals surface area contributed by atoms with Gasteiger partial charge in [-0.2, -0.15) is 0 Å². The van der Waals surface area contributed by atoms with E-state index in [2.05, 4.69) is 0 Å². The van der Waals surface area contributed by atoms with Gasteiger partial charge in [0.2, 0.25) is 0 Å². The fourth-order valence-electron chi connectivity index (χ4n) is 1.10. The predicted molar refractivity (Wildman–Crippen MR) is 52.5 cm³/mol. The van der Waals surface area contributed by atoms with Gasteiger partial charge in [0.15, 0.2) is 5.58 Å². The minimum Gasteiger partial charge on any atom is -0.421 e. The first kappa shape index (κ1) is 8.60. The van der Waals surface area contributed by atoms with E-state index in [1.165, 1.54) is 12.1 Å². The van der Waals surface area contributed by atoms with E-state index in [0.717, 1.165) is 5.39 Å². The largest absolute Gasteiger partial charge is 0.421 e. The number of fused-ring (bicyclic) bond motifs is 1. The first-order chi connectivity index (χ1) is 6.16. The van der Waals surface area contributed by atoms with Crippen molar-refractivity contribution in [2.75, 3.05) is 0 Å². The number of benzene rings is 1. The standard InChI is InChI=1S/C9H4Cl2O2/c10-6-3-5-1-2-8(12)13-9(5)7(11)4-6/h1-4H. The van der Waals surface area contributed by atoms with Crippen molar-refractivity contribution in [2.45, 2.75) is 0 Å². The molecule has 0 aliphatic rings. The molecule has 0 fully saturated rings. The van der Waals surface area contributed by atoms with Crippen LogP contribution in [-0.2, 0) is 0 Å². The van der Waals surface area contributed by atoms with Crippen LogP contribution in [0.4, 0.5) is 0 Å². The maximum Gasteiger partial charge on any atom is 0.336 e. The summed E-state index contributed by atoms with van der Waals surface area (Å²) in [5, 5.41) is 1.59. The molecule has 0 bridgehead atoms. The van der Waals surface area contributed by atoms with Crippen LogP contribution in [-0.4, -0.2) is 0 Å². The molecule has 4 heteroatoms. The Labute approximate surface area is 83.7 Å². The highest BCUT2D eigenvalue weighted by molar-refractivity contribution is 6.38. The van der Waals surface area contributed by atoms with E-state index < -0.39 is 5.63 Å². The summed E-state index contributed by atoms with van der Waals surface area (Å²) in [7, 11) is 0. The summed E-state index contributed by atoms with van der Waals surface area (Å²) in [5.41, 5.74) is -0.0460. The lowest BCUT2D eigenvalue weighted by Crippen LogP contribution is -1.94. The smallest absolute Gasteiger partial charge is 0.336 e. The summed E-state index contributed by atoms with van der Waals surface area (Å²) < 4.78 is 4.90. The van der Waals surface area contributed by atoms with Crippen LogP contribution in [0.15, 0.2) is 33.5 Å². The Kier molecular flexibility index (Phi) is 2.02. The van der Waals surface area contributed by atoms with Gasteiger partial charge in [-0.3, -0.25) is 0 Å². The maximum atomic E-state index is 10.9. The van der Waals surface area contributed by atoms with Gasteiger partial charge in [-0.25, -0.2) is 4.79 Å². The zero-order chi connectivity index (χ0) is 9.42. The van der Waals surface area contributed by atoms with Gasteiger partial charge >= 0.3 is 5.63 Å². The molecule has 2 aromatic rings. The maximum absolute atomic E-state index is 10.9. The van der Waals surface area contributed by atoms with Gasteiger partial charge in [-0.05, 0) is 18.2 Å². The van der Waals surface area contributed by atoms with Crippen LogP contribution in [0.5, 0.6) is 0 Å². The Morgan fingerprint density at radius 1 is 1.15 bits per heavy atom. The lowest BCUT2D eigenvalue weighted by molar-refractivity contribution is 0.561. The summed E-state index contributed by atoms with van der Waals surface area (Å²) in [6, 6.07) is 6.17. The zero-order valence-corrected chi connectivity index (χ0v) is 7.89. The molecule has 66 valence electrons. The monoisotopic (exact) mass is 214 g/mol. The third-order valence-electron chi connectivity index (χ3n) is 1.64. The van der Waals surface area contributed by atoms with Crippen LogP contribution in [0.3, 0.4) is 0 Å². The molecular weight excluding hydrogens is 211 g/mol. The number of halogens is 2. The van der Waals surface area contributed by atoms with Gasteiger partial charge in [0.25, 0.3) is 0 Å². The van der Waals surface area contributed by atoms with E-state index in [1.54, 1.807) is 12.1 Å². The third kappa shape index (κ3) is 1.55. The van der Waals surface area contributed by atoms with E-state index >= 15 is 0 Å². The average Bonchev–Trinajstić information content (AvgIpc) is 2.06. The SMILES string of the molecule is O=c1ccc2cc(Cl)cc(Cl)c2o1. The Balaban J connectivity index is 2.95. The van der Waals surface area contributed by atoms with E-state index in [9.17, 15) is 4.79 Å². The van der Waals surface area contributed by atoms with Crippen molar-refractivity contribution in [1.82, 2.24) is 0 Å². The molecule has 2 rings (SSSR count). The number of rotatable bonds is 0. The average molecular weight is 215 g/mol. The van der Waals surface area contributed by atoms with Crippen molar-refractivity contribution >= 4 is 34.2 Å². The third-order valence-corrected chi connectivity index (χ3v) is 2.14. The Bertz CT molecular complexity index is 516. The number of hydrogen-bond acceptors (Lipinski definition) is 2. The second kappa shape index (κ2) is 3.05. The highest BCUT2D eigenvalue weighted by Gasteiger charge is 2.03. The Morgan fingerprint density at radius 2 is 1.92 bits per heavy atom. The van der Waals surface area contributed by atoms with E-state index in [0.29, 0.717) is 15.6 Å². The molecule has 0 aliphatic heterocycles. The molecule has 0 N–H and O–H groups in total. The highest BCUT2D eigenvalue weighted by atomic mass is 35.5. The minimum atomic E-state index is -0.420. The molecule has 1 aromatic heterocycles. The molecule has 0 saturated heterocycles. The van der Waals surface area contributed by atoms with Gasteiger partial charge in [0.1, 0.15) is 0 Å². The van der Waals surface area contributed by atoms with Crippen LogP contribution in [0.2, 0.25) is 10.0 Å². The molecule has 0 radical (unpaired) electrons. The van der Waals surface area contributed by atoms with Gasteiger partial charge in [0, 0.05) is 16.5 Å². The summed E-state index contributed by atoms with van der Waals surface area (Å²) in [6.07, 6.45) is 0. The molecule has 0 spiro atoms. The van der Waals surface area contributed by atoms with Gasteiger partial charge in [0.05, 0.1) is 5.02 Å². The van der Waals surface area contributed by atoms with Crippen LogP contribution in [0.25, 0.3) is 11.0 Å². The predicted octanol–water partition coefficient (Wildman–Crippen LogP) is 3.10. The summed E-state index contributed by atoms with van der Waals surface area (Å²) in [5.74, 6) is 0. The first-order valence-corrected chi connectivity index (χ1v) is 4.31. The molecule has 0 amide bonds. The zero-order valence-electron chi connectivity index (χ0n) is 6.38. The van der Waals surface area contributed by atoms with E-state index in [-0.39, 0.29) is 0 Å². The van der Waals surface area contributed by atoms with Crippen molar-refractivity contribution in [3.63, 3.8) is 0 Å². The van der Waals surface area contributed by atoms with E-state index in [1.807, 2.05) is 0 Å². The molecule has 0 atom stereocenters. The van der Waals surface area contributed by atoms with Crippen molar-refractivity contribution in [2.24, 2.45) is 0 Å². The topological polar surface area (TPSA) is 30.2 Å². The lowest BCUT2D eigenvalue weighted by atomic mass is 10.2. The van der Waals surface area contributed by atoms with E-state index in [4.69, 9.17) is 27.6 Å². The van der Waals surface area contributed by atoms with Gasteiger partial charge < -0.3 is 4.42 Å².